The summed E-state index contributed by atoms with van der Waals surface area (Å²) in [6, 6.07) is 17.6. The molecule has 0 radical (unpaired) electrons. The van der Waals surface area contributed by atoms with Crippen molar-refractivity contribution in [1.82, 2.24) is 5.32 Å². The van der Waals surface area contributed by atoms with Gasteiger partial charge in [0.25, 0.3) is 15.9 Å². The molecule has 162 valence electrons. The van der Waals surface area contributed by atoms with Crippen LogP contribution in [0.1, 0.15) is 15.9 Å². The molecule has 0 fully saturated rings. The molecule has 0 aliphatic heterocycles. The van der Waals surface area contributed by atoms with E-state index in [4.69, 9.17) is 21.1 Å². The fourth-order valence-corrected chi connectivity index (χ4v) is 4.20. The zero-order valence-corrected chi connectivity index (χ0v) is 18.5. The summed E-state index contributed by atoms with van der Waals surface area (Å²) in [4.78, 5) is 12.6. The first-order valence-corrected chi connectivity index (χ1v) is 11.1. The second kappa shape index (κ2) is 9.72. The molecule has 0 aromatic heterocycles. The van der Waals surface area contributed by atoms with Gasteiger partial charge in [-0.1, -0.05) is 35.9 Å². The lowest BCUT2D eigenvalue weighted by Crippen LogP contribution is -2.23. The summed E-state index contributed by atoms with van der Waals surface area (Å²) >= 11 is 6.22. The zero-order chi connectivity index (χ0) is 22.4. The number of halogens is 1. The van der Waals surface area contributed by atoms with E-state index in [0.717, 1.165) is 5.56 Å². The van der Waals surface area contributed by atoms with Gasteiger partial charge in [-0.3, -0.25) is 9.52 Å². The number of ether oxygens (including phenoxy) is 2. The molecule has 0 aliphatic rings. The SMILES string of the molecule is COc1ccc(CNC(=O)c2ccc(NS(=O)(=O)c3ccccc3)c(Cl)c2)cc1OC. The molecule has 0 saturated heterocycles. The Morgan fingerprint density at radius 2 is 1.65 bits per heavy atom. The van der Waals surface area contributed by atoms with E-state index in [1.165, 1.54) is 37.4 Å². The van der Waals surface area contributed by atoms with Crippen molar-refractivity contribution in [3.8, 4) is 11.5 Å². The minimum atomic E-state index is -3.78. The third-order valence-electron chi connectivity index (χ3n) is 4.43. The van der Waals surface area contributed by atoms with Gasteiger partial charge in [0.1, 0.15) is 0 Å². The van der Waals surface area contributed by atoms with Crippen LogP contribution in [-0.2, 0) is 16.6 Å². The standard InChI is InChI=1S/C22H21ClN2O5S/c1-29-20-11-8-15(12-21(20)30-2)14-24-22(26)16-9-10-19(18(23)13-16)25-31(27,28)17-6-4-3-5-7-17/h3-13,25H,14H2,1-2H3,(H,24,26). The van der Waals surface area contributed by atoms with Crippen LogP contribution in [0.3, 0.4) is 0 Å². The van der Waals surface area contributed by atoms with Crippen LogP contribution in [0, 0.1) is 0 Å². The third kappa shape index (κ3) is 5.48. The molecule has 31 heavy (non-hydrogen) atoms. The Labute approximate surface area is 186 Å². The van der Waals surface area contributed by atoms with Crippen molar-refractivity contribution in [2.24, 2.45) is 0 Å². The van der Waals surface area contributed by atoms with Gasteiger partial charge in [0, 0.05) is 12.1 Å². The Hall–Kier alpha value is -3.23. The highest BCUT2D eigenvalue weighted by Crippen LogP contribution is 2.28. The maximum absolute atomic E-state index is 12.5. The van der Waals surface area contributed by atoms with Crippen LogP contribution in [-0.4, -0.2) is 28.5 Å². The molecule has 2 N–H and O–H groups in total. The van der Waals surface area contributed by atoms with E-state index < -0.39 is 10.0 Å². The number of hydrogen-bond acceptors (Lipinski definition) is 5. The summed E-state index contributed by atoms with van der Waals surface area (Å²) in [5, 5.41) is 2.90. The van der Waals surface area contributed by atoms with E-state index in [2.05, 4.69) is 10.0 Å². The molecule has 0 unspecified atom stereocenters. The third-order valence-corrected chi connectivity index (χ3v) is 6.12. The molecular weight excluding hydrogens is 440 g/mol. The molecule has 0 heterocycles. The normalized spacial score (nSPS) is 10.9. The highest BCUT2D eigenvalue weighted by molar-refractivity contribution is 7.92. The maximum Gasteiger partial charge on any atom is 0.261 e. The molecule has 3 rings (SSSR count). The molecule has 7 nitrogen and oxygen atoms in total. The summed E-state index contributed by atoms with van der Waals surface area (Å²) < 4.78 is 37.8. The first kappa shape index (κ1) is 22.5. The average molecular weight is 461 g/mol. The van der Waals surface area contributed by atoms with Crippen LogP contribution < -0.4 is 19.5 Å². The van der Waals surface area contributed by atoms with Gasteiger partial charge in [-0.15, -0.1) is 0 Å². The summed E-state index contributed by atoms with van der Waals surface area (Å²) in [7, 11) is -0.699. The summed E-state index contributed by atoms with van der Waals surface area (Å²) in [6.45, 7) is 0.263. The quantitative estimate of drug-likeness (QED) is 0.528. The fraction of sp³-hybridized carbons (Fsp3) is 0.136. The van der Waals surface area contributed by atoms with Gasteiger partial charge < -0.3 is 14.8 Å². The molecule has 1 amide bonds. The Bertz CT molecular complexity index is 1180. The largest absolute Gasteiger partial charge is 0.493 e. The van der Waals surface area contributed by atoms with Crippen LogP contribution in [0.25, 0.3) is 0 Å². The predicted octanol–water partition coefficient (Wildman–Crippen LogP) is 4.09. The monoisotopic (exact) mass is 460 g/mol. The summed E-state index contributed by atoms with van der Waals surface area (Å²) in [5.41, 5.74) is 1.31. The number of amides is 1. The fourth-order valence-electron chi connectivity index (χ4n) is 2.82. The Morgan fingerprint density at radius 1 is 0.935 bits per heavy atom. The average Bonchev–Trinajstić information content (AvgIpc) is 2.79. The first-order chi connectivity index (χ1) is 14.8. The summed E-state index contributed by atoms with van der Waals surface area (Å²) in [6.07, 6.45) is 0. The number of carbonyl (C=O) groups is 1. The molecule has 0 saturated carbocycles. The van der Waals surface area contributed by atoms with Crippen LogP contribution >= 0.6 is 11.6 Å². The molecule has 3 aromatic rings. The molecule has 0 atom stereocenters. The van der Waals surface area contributed by atoms with Crippen LogP contribution in [0.2, 0.25) is 5.02 Å². The minimum Gasteiger partial charge on any atom is -0.493 e. The van der Waals surface area contributed by atoms with Crippen molar-refractivity contribution in [3.05, 3.63) is 82.9 Å². The lowest BCUT2D eigenvalue weighted by atomic mass is 10.1. The van der Waals surface area contributed by atoms with Gasteiger partial charge in [0.2, 0.25) is 0 Å². The molecule has 0 aliphatic carbocycles. The van der Waals surface area contributed by atoms with Gasteiger partial charge in [0.05, 0.1) is 29.8 Å². The number of carbonyl (C=O) groups excluding carboxylic acids is 1. The highest BCUT2D eigenvalue weighted by atomic mass is 35.5. The molecule has 0 spiro atoms. The number of benzene rings is 3. The van der Waals surface area contributed by atoms with Crippen molar-refractivity contribution in [3.63, 3.8) is 0 Å². The minimum absolute atomic E-state index is 0.110. The van der Waals surface area contributed by atoms with Gasteiger partial charge in [-0.25, -0.2) is 8.42 Å². The summed E-state index contributed by atoms with van der Waals surface area (Å²) in [5.74, 6) is 0.805. The van der Waals surface area contributed by atoms with Crippen molar-refractivity contribution >= 4 is 33.2 Å². The van der Waals surface area contributed by atoms with E-state index in [9.17, 15) is 13.2 Å². The topological polar surface area (TPSA) is 93.7 Å². The highest BCUT2D eigenvalue weighted by Gasteiger charge is 2.16. The molecule has 9 heteroatoms. The van der Waals surface area contributed by atoms with E-state index in [1.54, 1.807) is 37.4 Å². The lowest BCUT2D eigenvalue weighted by Gasteiger charge is -2.12. The van der Waals surface area contributed by atoms with Crippen molar-refractivity contribution < 1.29 is 22.7 Å². The van der Waals surface area contributed by atoms with E-state index in [1.807, 2.05) is 6.07 Å². The molecular formula is C22H21ClN2O5S. The van der Waals surface area contributed by atoms with Crippen molar-refractivity contribution in [1.29, 1.82) is 0 Å². The lowest BCUT2D eigenvalue weighted by molar-refractivity contribution is 0.0951. The first-order valence-electron chi connectivity index (χ1n) is 9.20. The number of rotatable bonds is 8. The van der Waals surface area contributed by atoms with E-state index >= 15 is 0 Å². The molecule has 3 aromatic carbocycles. The zero-order valence-electron chi connectivity index (χ0n) is 16.9. The Morgan fingerprint density at radius 3 is 2.29 bits per heavy atom. The van der Waals surface area contributed by atoms with Crippen molar-refractivity contribution in [2.75, 3.05) is 18.9 Å². The second-order valence-electron chi connectivity index (χ2n) is 6.49. The number of nitrogens with one attached hydrogen (secondary N) is 2. The number of sulfonamides is 1. The number of anilines is 1. The number of hydrogen-bond donors (Lipinski definition) is 2. The predicted molar refractivity (Wildman–Crippen MR) is 119 cm³/mol. The van der Waals surface area contributed by atoms with Crippen LogP contribution in [0.15, 0.2) is 71.6 Å². The van der Waals surface area contributed by atoms with E-state index in [0.29, 0.717) is 17.1 Å². The maximum atomic E-state index is 12.5. The van der Waals surface area contributed by atoms with Gasteiger partial charge in [0.15, 0.2) is 11.5 Å². The van der Waals surface area contributed by atoms with Gasteiger partial charge in [-0.05, 0) is 48.0 Å². The smallest absolute Gasteiger partial charge is 0.261 e. The molecule has 0 bridgehead atoms. The van der Waals surface area contributed by atoms with E-state index in [-0.39, 0.29) is 28.1 Å². The Kier molecular flexibility index (Phi) is 7.04. The Balaban J connectivity index is 1.69. The van der Waals surface area contributed by atoms with Crippen molar-refractivity contribution in [2.45, 2.75) is 11.4 Å². The number of methoxy groups -OCH3 is 2. The van der Waals surface area contributed by atoms with Crippen LogP contribution in [0.5, 0.6) is 11.5 Å². The van der Waals surface area contributed by atoms with Gasteiger partial charge >= 0.3 is 0 Å². The second-order valence-corrected chi connectivity index (χ2v) is 8.57. The van der Waals surface area contributed by atoms with Crippen LogP contribution in [0.4, 0.5) is 5.69 Å². The van der Waals surface area contributed by atoms with Gasteiger partial charge in [-0.2, -0.15) is 0 Å².